The lowest BCUT2D eigenvalue weighted by atomic mass is 9.90. The molecule has 2 aromatic heterocycles. The Kier molecular flexibility index (Phi) is 3.69. The number of aromatic nitrogens is 3. The first-order chi connectivity index (χ1) is 13.8. The highest BCUT2D eigenvalue weighted by atomic mass is 32.1. The van der Waals surface area contributed by atoms with E-state index in [1.54, 1.807) is 11.3 Å². The van der Waals surface area contributed by atoms with Gasteiger partial charge in [-0.15, -0.1) is 0 Å². The Morgan fingerprint density at radius 1 is 0.857 bits per heavy atom. The summed E-state index contributed by atoms with van der Waals surface area (Å²) in [6, 6.07) is 12.7. The number of para-hydroxylation sites is 2. The summed E-state index contributed by atoms with van der Waals surface area (Å²) >= 11 is 1.60. The molecule has 138 valence electrons. The van der Waals surface area contributed by atoms with Crippen molar-refractivity contribution in [1.82, 2.24) is 15.0 Å². The lowest BCUT2D eigenvalue weighted by Gasteiger charge is -2.37. The van der Waals surface area contributed by atoms with E-state index in [2.05, 4.69) is 39.2 Å². The van der Waals surface area contributed by atoms with Gasteiger partial charge >= 0.3 is 0 Å². The van der Waals surface area contributed by atoms with Crippen molar-refractivity contribution in [3.8, 4) is 0 Å². The fourth-order valence-corrected chi connectivity index (χ4v) is 5.30. The molecule has 5 heteroatoms. The van der Waals surface area contributed by atoms with Gasteiger partial charge in [-0.3, -0.25) is 0 Å². The molecule has 0 N–H and O–H groups in total. The summed E-state index contributed by atoms with van der Waals surface area (Å²) in [6.45, 7) is 2.44. The number of rotatable bonds is 2. The van der Waals surface area contributed by atoms with E-state index in [4.69, 9.17) is 4.98 Å². The van der Waals surface area contributed by atoms with Crippen molar-refractivity contribution in [1.29, 1.82) is 0 Å². The molecular weight excluding hydrogens is 364 g/mol. The minimum atomic E-state index is 0.736. The van der Waals surface area contributed by atoms with Crippen molar-refractivity contribution in [2.75, 3.05) is 18.0 Å². The topological polar surface area (TPSA) is 41.9 Å². The molecule has 0 spiro atoms. The second-order valence-corrected chi connectivity index (χ2v) is 8.62. The van der Waals surface area contributed by atoms with Crippen LogP contribution in [0.5, 0.6) is 0 Å². The van der Waals surface area contributed by atoms with E-state index in [1.807, 2.05) is 24.3 Å². The van der Waals surface area contributed by atoms with Gasteiger partial charge in [-0.05, 0) is 72.7 Å². The van der Waals surface area contributed by atoms with Crippen LogP contribution in [0, 0.1) is 0 Å². The number of thiazole rings is 1. The standard InChI is InChI=1S/C23H20N4S/c1-2-8-19-18(7-1)24-22-23(25-19)28-20(26-22)10-9-15-13-16-5-3-11-27-12-4-6-17(14-15)21(16)27/h1-2,7-10,13-14H,3-6,11-12H2. The Bertz CT molecular complexity index is 1160. The van der Waals surface area contributed by atoms with Gasteiger partial charge < -0.3 is 4.90 Å². The molecule has 0 aliphatic carbocycles. The van der Waals surface area contributed by atoms with Gasteiger partial charge in [-0.1, -0.05) is 29.5 Å². The molecule has 0 radical (unpaired) electrons. The Balaban J connectivity index is 1.37. The van der Waals surface area contributed by atoms with E-state index < -0.39 is 0 Å². The maximum absolute atomic E-state index is 4.71. The third-order valence-electron chi connectivity index (χ3n) is 5.71. The number of anilines is 1. The van der Waals surface area contributed by atoms with Crippen LogP contribution in [0.1, 0.15) is 34.5 Å². The number of nitrogens with zero attached hydrogens (tertiary/aromatic N) is 4. The van der Waals surface area contributed by atoms with E-state index in [9.17, 15) is 0 Å². The smallest absolute Gasteiger partial charge is 0.190 e. The number of hydrogen-bond donors (Lipinski definition) is 0. The molecular formula is C23H20N4S. The predicted octanol–water partition coefficient (Wildman–Crippen LogP) is 5.11. The van der Waals surface area contributed by atoms with Gasteiger partial charge in [0.25, 0.3) is 0 Å². The predicted molar refractivity (Wildman–Crippen MR) is 117 cm³/mol. The number of hydrogen-bond acceptors (Lipinski definition) is 5. The van der Waals surface area contributed by atoms with E-state index in [-0.39, 0.29) is 0 Å². The van der Waals surface area contributed by atoms with Crippen molar-refractivity contribution in [2.24, 2.45) is 0 Å². The van der Waals surface area contributed by atoms with Crippen LogP contribution in [0.25, 0.3) is 33.7 Å². The van der Waals surface area contributed by atoms with Crippen LogP contribution in [0.2, 0.25) is 0 Å². The molecule has 2 aliphatic rings. The van der Waals surface area contributed by atoms with Crippen molar-refractivity contribution in [3.63, 3.8) is 0 Å². The van der Waals surface area contributed by atoms with E-state index in [1.165, 1.54) is 61.2 Å². The minimum absolute atomic E-state index is 0.736. The van der Waals surface area contributed by atoms with Gasteiger partial charge in [-0.2, -0.15) is 0 Å². The van der Waals surface area contributed by atoms with Gasteiger partial charge in [0, 0.05) is 18.8 Å². The van der Waals surface area contributed by atoms with E-state index >= 15 is 0 Å². The average molecular weight is 385 g/mol. The fraction of sp³-hybridized carbons (Fsp3) is 0.261. The van der Waals surface area contributed by atoms with Crippen molar-refractivity contribution in [3.05, 3.63) is 58.1 Å². The summed E-state index contributed by atoms with van der Waals surface area (Å²) < 4.78 is 0. The highest BCUT2D eigenvalue weighted by Crippen LogP contribution is 2.36. The van der Waals surface area contributed by atoms with Gasteiger partial charge in [0.1, 0.15) is 5.01 Å². The zero-order valence-corrected chi connectivity index (χ0v) is 16.4. The molecule has 6 rings (SSSR count). The molecule has 4 aromatic rings. The van der Waals surface area contributed by atoms with Gasteiger partial charge in [0.05, 0.1) is 11.0 Å². The Morgan fingerprint density at radius 2 is 1.57 bits per heavy atom. The van der Waals surface area contributed by atoms with Crippen LogP contribution in [0.15, 0.2) is 36.4 Å². The fourth-order valence-electron chi connectivity index (χ4n) is 4.51. The minimum Gasteiger partial charge on any atom is -0.371 e. The summed E-state index contributed by atoms with van der Waals surface area (Å²) in [5.41, 5.74) is 8.39. The maximum atomic E-state index is 4.71. The molecule has 0 unspecified atom stereocenters. The third-order valence-corrected chi connectivity index (χ3v) is 6.62. The molecule has 0 saturated heterocycles. The van der Waals surface area contributed by atoms with Gasteiger partial charge in [-0.25, -0.2) is 15.0 Å². The van der Waals surface area contributed by atoms with Crippen LogP contribution < -0.4 is 4.90 Å². The van der Waals surface area contributed by atoms with Gasteiger partial charge in [0.2, 0.25) is 0 Å². The molecule has 0 atom stereocenters. The summed E-state index contributed by atoms with van der Waals surface area (Å²) in [4.78, 5) is 17.5. The van der Waals surface area contributed by atoms with E-state index in [0.29, 0.717) is 0 Å². The maximum Gasteiger partial charge on any atom is 0.190 e. The second-order valence-electron chi connectivity index (χ2n) is 7.61. The molecule has 0 fully saturated rings. The summed E-state index contributed by atoms with van der Waals surface area (Å²) in [6.07, 6.45) is 9.23. The first kappa shape index (κ1) is 16.2. The van der Waals surface area contributed by atoms with Crippen molar-refractivity contribution >= 4 is 50.7 Å². The molecule has 0 bridgehead atoms. The molecule has 2 aliphatic heterocycles. The van der Waals surface area contributed by atoms with Crippen molar-refractivity contribution < 1.29 is 0 Å². The highest BCUT2D eigenvalue weighted by molar-refractivity contribution is 7.18. The van der Waals surface area contributed by atoms with Crippen molar-refractivity contribution in [2.45, 2.75) is 25.7 Å². The van der Waals surface area contributed by atoms with Crippen LogP contribution in [0.3, 0.4) is 0 Å². The van der Waals surface area contributed by atoms with Crippen LogP contribution >= 0.6 is 11.3 Å². The van der Waals surface area contributed by atoms with Crippen LogP contribution in [0.4, 0.5) is 5.69 Å². The number of fused-ring (bicyclic) bond motifs is 2. The van der Waals surface area contributed by atoms with Gasteiger partial charge in [0.15, 0.2) is 10.5 Å². The Morgan fingerprint density at radius 3 is 2.32 bits per heavy atom. The molecule has 0 amide bonds. The largest absolute Gasteiger partial charge is 0.371 e. The lowest BCUT2D eigenvalue weighted by Crippen LogP contribution is -2.34. The number of aryl methyl sites for hydroxylation is 2. The normalized spacial score (nSPS) is 16.2. The molecule has 28 heavy (non-hydrogen) atoms. The Labute approximate surface area is 167 Å². The monoisotopic (exact) mass is 384 g/mol. The van der Waals surface area contributed by atoms with E-state index in [0.717, 1.165) is 26.5 Å². The summed E-state index contributed by atoms with van der Waals surface area (Å²) in [5, 5.41) is 0.957. The molecule has 0 saturated carbocycles. The molecule has 2 aromatic carbocycles. The van der Waals surface area contributed by atoms with Crippen LogP contribution in [-0.4, -0.2) is 28.0 Å². The first-order valence-electron chi connectivity index (χ1n) is 9.96. The lowest BCUT2D eigenvalue weighted by molar-refractivity contribution is 0.634. The number of benzene rings is 2. The zero-order valence-electron chi connectivity index (χ0n) is 15.6. The quantitative estimate of drug-likeness (QED) is 0.482. The summed E-state index contributed by atoms with van der Waals surface area (Å²) in [7, 11) is 0. The SMILES string of the molecule is C(=Cc1nc2nc3ccccc3nc2s1)c1cc2c3c(c1)CCCN3CCC2. The van der Waals surface area contributed by atoms with Crippen LogP contribution in [-0.2, 0) is 12.8 Å². The summed E-state index contributed by atoms with van der Waals surface area (Å²) in [5.74, 6) is 0. The highest BCUT2D eigenvalue weighted by Gasteiger charge is 2.23. The Hall–Kier alpha value is -2.79. The average Bonchev–Trinajstić information content (AvgIpc) is 3.12. The molecule has 4 nitrogen and oxygen atoms in total. The second kappa shape index (κ2) is 6.38. The first-order valence-corrected chi connectivity index (χ1v) is 10.8. The third kappa shape index (κ3) is 2.69. The molecule has 4 heterocycles. The zero-order chi connectivity index (χ0) is 18.5.